The molecule has 0 unspecified atom stereocenters. The highest BCUT2D eigenvalue weighted by Crippen LogP contribution is 2.48. The molecule has 1 fully saturated rings. The number of alkyl halides is 3. The van der Waals surface area contributed by atoms with Crippen LogP contribution in [0.25, 0.3) is 0 Å². The maximum absolute atomic E-state index is 13.1. The molecule has 0 saturated heterocycles. The van der Waals surface area contributed by atoms with Crippen LogP contribution in [0.5, 0.6) is 6.01 Å². The number of halogens is 4. The Morgan fingerprint density at radius 1 is 0.855 bits per heavy atom. The van der Waals surface area contributed by atoms with Gasteiger partial charge in [-0.25, -0.2) is 4.79 Å². The monoisotopic (exact) mass is 784 g/mol. The lowest BCUT2D eigenvalue weighted by molar-refractivity contribution is -0.154. The Morgan fingerprint density at radius 2 is 1.51 bits per heavy atom. The van der Waals surface area contributed by atoms with Crippen LogP contribution >= 0.6 is 11.6 Å². The number of esters is 1. The Balaban J connectivity index is 1.19. The highest BCUT2D eigenvalue weighted by atomic mass is 35.5. The number of benzene rings is 3. The van der Waals surface area contributed by atoms with E-state index in [0.29, 0.717) is 35.8 Å². The largest absolute Gasteiger partial charge is 0.467 e. The van der Waals surface area contributed by atoms with Crippen molar-refractivity contribution in [2.45, 2.75) is 43.6 Å². The molecule has 290 valence electrons. The summed E-state index contributed by atoms with van der Waals surface area (Å²) < 4.78 is 53.5. The zero-order chi connectivity index (χ0) is 39.6. The number of carbonyl (C=O) groups is 4. The molecule has 15 nitrogen and oxygen atoms in total. The van der Waals surface area contributed by atoms with Gasteiger partial charge in [-0.05, 0) is 78.9 Å². The summed E-state index contributed by atoms with van der Waals surface area (Å²) in [5, 5.41) is 14.0. The third-order valence-corrected chi connectivity index (χ3v) is 8.37. The highest BCUT2D eigenvalue weighted by Gasteiger charge is 2.45. The molecule has 3 aromatic carbocycles. The normalized spacial score (nSPS) is 13.5. The average molecular weight is 785 g/mol. The van der Waals surface area contributed by atoms with Crippen LogP contribution in [0, 0.1) is 0 Å². The van der Waals surface area contributed by atoms with E-state index < -0.39 is 54.1 Å². The topological polar surface area (TPSA) is 195 Å². The smallest absolute Gasteiger partial charge is 0.422 e. The molecule has 1 atom stereocenters. The SMILES string of the molecule is COCc1ccc(NC(=O)C(=O)NCC[C@H](NC(=O)c2ccc(Nc3nc(NC4(c5ccc(Cl)cc5)CC4)nc(OCC(F)(F)F)n3)cc2)C(=O)OC)cc1. The van der Waals surface area contributed by atoms with Gasteiger partial charge in [0.05, 0.1) is 19.3 Å². The van der Waals surface area contributed by atoms with Crippen molar-refractivity contribution in [1.29, 1.82) is 0 Å². The maximum atomic E-state index is 13.1. The highest BCUT2D eigenvalue weighted by molar-refractivity contribution is 6.39. The lowest BCUT2D eigenvalue weighted by atomic mass is 10.1. The van der Waals surface area contributed by atoms with Crippen molar-refractivity contribution in [2.24, 2.45) is 0 Å². The van der Waals surface area contributed by atoms with E-state index in [0.717, 1.165) is 18.2 Å². The fraction of sp³-hybridized carbons (Fsp3) is 0.306. The van der Waals surface area contributed by atoms with E-state index in [9.17, 15) is 32.3 Å². The molecule has 4 aromatic rings. The predicted molar refractivity (Wildman–Crippen MR) is 194 cm³/mol. The second-order valence-corrected chi connectivity index (χ2v) is 12.7. The Hall–Kier alpha value is -6.01. The predicted octanol–water partition coefficient (Wildman–Crippen LogP) is 4.87. The summed E-state index contributed by atoms with van der Waals surface area (Å²) in [6, 6.07) is 17.9. The average Bonchev–Trinajstić information content (AvgIpc) is 3.94. The van der Waals surface area contributed by atoms with Gasteiger partial charge in [-0.2, -0.15) is 28.1 Å². The Bertz CT molecular complexity index is 1980. The van der Waals surface area contributed by atoms with Crippen LogP contribution in [0.2, 0.25) is 5.02 Å². The van der Waals surface area contributed by atoms with Crippen LogP contribution in [0.1, 0.15) is 40.7 Å². The number of hydrogen-bond acceptors (Lipinski definition) is 12. The van der Waals surface area contributed by atoms with Gasteiger partial charge >= 0.3 is 30.0 Å². The van der Waals surface area contributed by atoms with Crippen molar-refractivity contribution in [2.75, 3.05) is 43.3 Å². The molecule has 19 heteroatoms. The minimum Gasteiger partial charge on any atom is -0.467 e. The molecule has 55 heavy (non-hydrogen) atoms. The van der Waals surface area contributed by atoms with Crippen molar-refractivity contribution in [3.63, 3.8) is 0 Å². The summed E-state index contributed by atoms with van der Waals surface area (Å²) >= 11 is 6.03. The molecule has 1 aromatic heterocycles. The molecular formula is C36H36ClF3N8O7. The quantitative estimate of drug-likeness (QED) is 0.0765. The summed E-state index contributed by atoms with van der Waals surface area (Å²) in [5.74, 6) is -3.49. The van der Waals surface area contributed by atoms with E-state index >= 15 is 0 Å². The Labute approximate surface area is 317 Å². The summed E-state index contributed by atoms with van der Waals surface area (Å²) in [7, 11) is 2.69. The van der Waals surface area contributed by atoms with Crippen LogP contribution in [0.4, 0.5) is 36.4 Å². The standard InChI is InChI=1S/C36H36ClF3N8O7/c1-53-19-21-3-11-25(12-4-21)42-30(51)29(50)41-18-15-27(31(52)54-2)44-28(49)22-5-13-26(14-6-22)43-32-45-33(47-34(46-32)55-20-36(38,39)40)48-35(16-17-35)23-7-9-24(37)10-8-23/h3-14,27H,15-20H2,1-2H3,(H,41,50)(H,42,51)(H,44,49)(H2,43,45,46,47,48)/t27-/m0/s1. The van der Waals surface area contributed by atoms with E-state index in [1.807, 2.05) is 12.1 Å². The number of hydrogen-bond donors (Lipinski definition) is 5. The molecular weight excluding hydrogens is 749 g/mol. The third kappa shape index (κ3) is 11.7. The molecule has 5 N–H and O–H groups in total. The lowest BCUT2D eigenvalue weighted by Crippen LogP contribution is -2.44. The molecule has 0 aliphatic heterocycles. The minimum absolute atomic E-state index is 0.0307. The number of carbonyl (C=O) groups excluding carboxylic acids is 4. The van der Waals surface area contributed by atoms with E-state index in [4.69, 9.17) is 25.8 Å². The van der Waals surface area contributed by atoms with Crippen LogP contribution in [0.3, 0.4) is 0 Å². The van der Waals surface area contributed by atoms with Crippen LogP contribution < -0.4 is 31.3 Å². The van der Waals surface area contributed by atoms with E-state index in [2.05, 4.69) is 41.5 Å². The molecule has 0 radical (unpaired) electrons. The molecule has 1 aliphatic rings. The second-order valence-electron chi connectivity index (χ2n) is 12.3. The van der Waals surface area contributed by atoms with Crippen LogP contribution in [-0.2, 0) is 36.0 Å². The number of amides is 3. The summed E-state index contributed by atoms with van der Waals surface area (Å²) in [6.45, 7) is -1.39. The number of rotatable bonds is 16. The van der Waals surface area contributed by atoms with Crippen LogP contribution in [0.15, 0.2) is 72.8 Å². The van der Waals surface area contributed by atoms with E-state index in [1.54, 1.807) is 43.5 Å². The number of methoxy groups -OCH3 is 2. The van der Waals surface area contributed by atoms with Crippen molar-refractivity contribution in [3.8, 4) is 6.01 Å². The van der Waals surface area contributed by atoms with Gasteiger partial charge in [0, 0.05) is 35.6 Å². The number of nitrogens with zero attached hydrogens (tertiary/aromatic N) is 3. The van der Waals surface area contributed by atoms with E-state index in [-0.39, 0.29) is 30.4 Å². The Morgan fingerprint density at radius 3 is 2.13 bits per heavy atom. The van der Waals surface area contributed by atoms with E-state index in [1.165, 1.54) is 24.3 Å². The van der Waals surface area contributed by atoms with Crippen molar-refractivity contribution in [1.82, 2.24) is 25.6 Å². The summed E-state index contributed by atoms with van der Waals surface area (Å²) in [5.41, 5.74) is 2.09. The lowest BCUT2D eigenvalue weighted by Gasteiger charge is -2.19. The molecule has 1 heterocycles. The molecule has 1 aliphatic carbocycles. The zero-order valence-corrected chi connectivity index (χ0v) is 30.2. The first-order chi connectivity index (χ1) is 26.3. The first kappa shape index (κ1) is 40.2. The first-order valence-corrected chi connectivity index (χ1v) is 17.1. The van der Waals surface area contributed by atoms with Gasteiger partial charge in [0.25, 0.3) is 5.91 Å². The van der Waals surface area contributed by atoms with Gasteiger partial charge in [-0.15, -0.1) is 0 Å². The molecule has 5 rings (SSSR count). The fourth-order valence-corrected chi connectivity index (χ4v) is 5.31. The minimum atomic E-state index is -4.64. The van der Waals surface area contributed by atoms with Gasteiger partial charge in [-0.1, -0.05) is 35.9 Å². The van der Waals surface area contributed by atoms with Gasteiger partial charge in [0.15, 0.2) is 6.61 Å². The van der Waals surface area contributed by atoms with Crippen molar-refractivity contribution < 1.29 is 46.6 Å². The first-order valence-electron chi connectivity index (χ1n) is 16.7. The van der Waals surface area contributed by atoms with Crippen LogP contribution in [-0.4, -0.2) is 78.2 Å². The van der Waals surface area contributed by atoms with Crippen molar-refractivity contribution in [3.05, 3.63) is 94.5 Å². The molecule has 3 amide bonds. The zero-order valence-electron chi connectivity index (χ0n) is 29.5. The Kier molecular flexibility index (Phi) is 13.1. The third-order valence-electron chi connectivity index (χ3n) is 8.12. The number of anilines is 4. The number of nitrogens with one attached hydrogen (secondary N) is 5. The second kappa shape index (κ2) is 17.9. The van der Waals surface area contributed by atoms with Gasteiger partial charge in [0.1, 0.15) is 6.04 Å². The number of aromatic nitrogens is 3. The summed E-state index contributed by atoms with van der Waals surface area (Å²) in [4.78, 5) is 62.6. The van der Waals surface area contributed by atoms with Crippen molar-refractivity contribution >= 4 is 58.6 Å². The number of ether oxygens (including phenoxy) is 3. The fourth-order valence-electron chi connectivity index (χ4n) is 5.19. The maximum Gasteiger partial charge on any atom is 0.422 e. The van der Waals surface area contributed by atoms with Gasteiger partial charge in [0.2, 0.25) is 11.9 Å². The molecule has 1 saturated carbocycles. The molecule has 0 spiro atoms. The van der Waals surface area contributed by atoms with Gasteiger partial charge in [-0.3, -0.25) is 14.4 Å². The molecule has 0 bridgehead atoms. The van der Waals surface area contributed by atoms with Gasteiger partial charge < -0.3 is 40.8 Å². The summed E-state index contributed by atoms with van der Waals surface area (Å²) in [6.07, 6.45) is -3.32.